The van der Waals surface area contributed by atoms with Crippen LogP contribution in [-0.4, -0.2) is 17.8 Å². The van der Waals surface area contributed by atoms with Gasteiger partial charge in [-0.3, -0.25) is 0 Å². The molecule has 1 atom stereocenters. The summed E-state index contributed by atoms with van der Waals surface area (Å²) in [5.74, 6) is 0.727. The van der Waals surface area contributed by atoms with Gasteiger partial charge in [-0.25, -0.2) is 0 Å². The number of nitriles is 1. The number of benzene rings is 1. The number of rotatable bonds is 4. The Morgan fingerprint density at radius 2 is 2.07 bits per heavy atom. The minimum Gasteiger partial charge on any atom is -0.493 e. The lowest BCUT2D eigenvalue weighted by molar-refractivity contribution is 0.155. The molecule has 0 saturated heterocycles. The first-order chi connectivity index (χ1) is 6.72. The quantitative estimate of drug-likeness (QED) is 0.788. The normalized spacial score (nSPS) is 11.8. The second kappa shape index (κ2) is 5.25. The van der Waals surface area contributed by atoms with Gasteiger partial charge >= 0.3 is 0 Å². The second-order valence-electron chi connectivity index (χ2n) is 3.12. The predicted octanol–water partition coefficient (Wildman–Crippen LogP) is 1.71. The molecule has 0 radical (unpaired) electrons. The van der Waals surface area contributed by atoms with Crippen LogP contribution in [0.2, 0.25) is 0 Å². The molecular weight excluding hydrogens is 178 g/mol. The molecule has 1 aromatic carbocycles. The fourth-order valence-electron chi connectivity index (χ4n) is 0.973. The Balaban J connectivity index is 2.41. The van der Waals surface area contributed by atoms with Crippen molar-refractivity contribution in [2.24, 2.45) is 0 Å². The van der Waals surface area contributed by atoms with E-state index in [1.807, 2.05) is 6.07 Å². The molecule has 0 saturated carbocycles. The number of nitrogens with zero attached hydrogens (tertiary/aromatic N) is 1. The van der Waals surface area contributed by atoms with Gasteiger partial charge in [-0.2, -0.15) is 5.26 Å². The van der Waals surface area contributed by atoms with Crippen molar-refractivity contribution in [1.29, 1.82) is 5.26 Å². The molecule has 0 aliphatic heterocycles. The molecule has 0 spiro atoms. The van der Waals surface area contributed by atoms with E-state index in [-0.39, 0.29) is 6.10 Å². The maximum atomic E-state index is 8.99. The fraction of sp³-hybridized carbons (Fsp3) is 0.364. The summed E-state index contributed by atoms with van der Waals surface area (Å²) in [6.45, 7) is 2.21. The van der Waals surface area contributed by atoms with E-state index in [9.17, 15) is 0 Å². The largest absolute Gasteiger partial charge is 0.493 e. The van der Waals surface area contributed by atoms with E-state index in [1.165, 1.54) is 0 Å². The molecule has 0 amide bonds. The zero-order valence-electron chi connectivity index (χ0n) is 8.10. The van der Waals surface area contributed by atoms with E-state index < -0.39 is 0 Å². The van der Waals surface area contributed by atoms with Gasteiger partial charge in [0.15, 0.2) is 0 Å². The SMILES string of the molecule is CC(O)CCOc1ccc(C#N)cc1. The summed E-state index contributed by atoms with van der Waals surface area (Å²) in [7, 11) is 0. The summed E-state index contributed by atoms with van der Waals surface area (Å²) >= 11 is 0. The molecule has 0 aliphatic carbocycles. The standard InChI is InChI=1S/C11H13NO2/c1-9(13)6-7-14-11-4-2-10(8-12)3-5-11/h2-5,9,13H,6-7H2,1H3. The van der Waals surface area contributed by atoms with E-state index >= 15 is 0 Å². The van der Waals surface area contributed by atoms with Crippen molar-refractivity contribution in [2.75, 3.05) is 6.61 Å². The lowest BCUT2D eigenvalue weighted by Crippen LogP contribution is -2.07. The van der Waals surface area contributed by atoms with Crippen LogP contribution in [0, 0.1) is 11.3 Å². The van der Waals surface area contributed by atoms with E-state index in [0.717, 1.165) is 5.75 Å². The van der Waals surface area contributed by atoms with Crippen molar-refractivity contribution in [3.05, 3.63) is 29.8 Å². The van der Waals surface area contributed by atoms with E-state index in [1.54, 1.807) is 31.2 Å². The Hall–Kier alpha value is -1.53. The molecular formula is C11H13NO2. The Morgan fingerprint density at radius 1 is 1.43 bits per heavy atom. The Bertz CT molecular complexity index is 311. The van der Waals surface area contributed by atoms with Crippen LogP contribution in [0.4, 0.5) is 0 Å². The third-order valence-electron chi connectivity index (χ3n) is 1.79. The maximum absolute atomic E-state index is 8.99. The highest BCUT2D eigenvalue weighted by atomic mass is 16.5. The topological polar surface area (TPSA) is 53.2 Å². The first-order valence-electron chi connectivity index (χ1n) is 4.53. The zero-order valence-corrected chi connectivity index (χ0v) is 8.10. The number of hydrogen-bond donors (Lipinski definition) is 1. The van der Waals surface area contributed by atoms with E-state index in [4.69, 9.17) is 15.1 Å². The van der Waals surface area contributed by atoms with Crippen LogP contribution in [0.15, 0.2) is 24.3 Å². The first-order valence-corrected chi connectivity index (χ1v) is 4.53. The van der Waals surface area contributed by atoms with Crippen molar-refractivity contribution in [2.45, 2.75) is 19.4 Å². The summed E-state index contributed by atoms with van der Waals surface area (Å²) in [4.78, 5) is 0. The third-order valence-corrected chi connectivity index (χ3v) is 1.79. The van der Waals surface area contributed by atoms with Crippen LogP contribution < -0.4 is 4.74 Å². The molecule has 0 fully saturated rings. The van der Waals surface area contributed by atoms with Gasteiger partial charge in [0.05, 0.1) is 24.3 Å². The highest BCUT2D eigenvalue weighted by molar-refractivity contribution is 5.34. The molecule has 0 bridgehead atoms. The molecule has 0 aromatic heterocycles. The molecule has 1 aromatic rings. The van der Waals surface area contributed by atoms with Crippen LogP contribution in [0.3, 0.4) is 0 Å². The minimum atomic E-state index is -0.339. The van der Waals surface area contributed by atoms with Crippen molar-refractivity contribution in [3.63, 3.8) is 0 Å². The lowest BCUT2D eigenvalue weighted by Gasteiger charge is -2.07. The number of ether oxygens (including phenoxy) is 1. The summed E-state index contributed by atoms with van der Waals surface area (Å²) in [6.07, 6.45) is 0.272. The monoisotopic (exact) mass is 191 g/mol. The molecule has 14 heavy (non-hydrogen) atoms. The van der Waals surface area contributed by atoms with Crippen molar-refractivity contribution in [3.8, 4) is 11.8 Å². The lowest BCUT2D eigenvalue weighted by atomic mass is 10.2. The van der Waals surface area contributed by atoms with Crippen molar-refractivity contribution < 1.29 is 9.84 Å². The Labute approximate surface area is 83.6 Å². The molecule has 3 nitrogen and oxygen atoms in total. The van der Waals surface area contributed by atoms with Crippen molar-refractivity contribution in [1.82, 2.24) is 0 Å². The molecule has 1 N–H and O–H groups in total. The molecule has 3 heteroatoms. The first kappa shape index (κ1) is 10.6. The van der Waals surface area contributed by atoms with Crippen LogP contribution in [0.5, 0.6) is 5.75 Å². The minimum absolute atomic E-state index is 0.339. The van der Waals surface area contributed by atoms with Gasteiger partial charge < -0.3 is 9.84 Å². The second-order valence-corrected chi connectivity index (χ2v) is 3.12. The fourth-order valence-corrected chi connectivity index (χ4v) is 0.973. The van der Waals surface area contributed by atoms with Crippen molar-refractivity contribution >= 4 is 0 Å². The zero-order chi connectivity index (χ0) is 10.4. The van der Waals surface area contributed by atoms with Gasteiger partial charge in [-0.15, -0.1) is 0 Å². The molecule has 1 rings (SSSR count). The van der Waals surface area contributed by atoms with Gasteiger partial charge in [0.2, 0.25) is 0 Å². The highest BCUT2D eigenvalue weighted by Gasteiger charge is 1.97. The summed E-state index contributed by atoms with van der Waals surface area (Å²) in [5.41, 5.74) is 0.618. The number of aliphatic hydroxyl groups is 1. The summed E-state index contributed by atoms with van der Waals surface area (Å²) in [5, 5.41) is 17.5. The van der Waals surface area contributed by atoms with E-state index in [2.05, 4.69) is 0 Å². The van der Waals surface area contributed by atoms with E-state index in [0.29, 0.717) is 18.6 Å². The maximum Gasteiger partial charge on any atom is 0.119 e. The number of hydrogen-bond acceptors (Lipinski definition) is 3. The Kier molecular flexibility index (Phi) is 3.96. The van der Waals surface area contributed by atoms with Gasteiger partial charge in [-0.05, 0) is 31.2 Å². The molecule has 74 valence electrons. The van der Waals surface area contributed by atoms with Crippen LogP contribution in [0.1, 0.15) is 18.9 Å². The average Bonchev–Trinajstić information content (AvgIpc) is 2.18. The number of aliphatic hydroxyl groups excluding tert-OH is 1. The summed E-state index contributed by atoms with van der Waals surface area (Å²) in [6, 6.07) is 8.95. The average molecular weight is 191 g/mol. The van der Waals surface area contributed by atoms with Crippen LogP contribution >= 0.6 is 0 Å². The third kappa shape index (κ3) is 3.46. The molecule has 0 heterocycles. The van der Waals surface area contributed by atoms with Gasteiger partial charge in [0, 0.05) is 6.42 Å². The predicted molar refractivity (Wildman–Crippen MR) is 52.9 cm³/mol. The van der Waals surface area contributed by atoms with Crippen LogP contribution in [0.25, 0.3) is 0 Å². The molecule has 0 aliphatic rings. The highest BCUT2D eigenvalue weighted by Crippen LogP contribution is 2.11. The Morgan fingerprint density at radius 3 is 2.57 bits per heavy atom. The van der Waals surface area contributed by atoms with Gasteiger partial charge in [0.1, 0.15) is 5.75 Å². The van der Waals surface area contributed by atoms with Gasteiger partial charge in [-0.1, -0.05) is 0 Å². The molecule has 1 unspecified atom stereocenters. The smallest absolute Gasteiger partial charge is 0.119 e. The van der Waals surface area contributed by atoms with Crippen LogP contribution in [-0.2, 0) is 0 Å². The summed E-state index contributed by atoms with van der Waals surface area (Å²) < 4.78 is 5.35. The van der Waals surface area contributed by atoms with Gasteiger partial charge in [0.25, 0.3) is 0 Å².